The molecule has 2 aromatic carbocycles. The van der Waals surface area contributed by atoms with Crippen LogP contribution in [0, 0.1) is 0 Å². The predicted octanol–water partition coefficient (Wildman–Crippen LogP) is 5.08. The Bertz CT molecular complexity index is 1110. The maximum Gasteiger partial charge on any atom is 0.203 e. The molecule has 0 aliphatic rings. The molecule has 142 valence electrons. The van der Waals surface area contributed by atoms with Gasteiger partial charge in [0.25, 0.3) is 0 Å². The van der Waals surface area contributed by atoms with E-state index in [-0.39, 0.29) is 0 Å². The summed E-state index contributed by atoms with van der Waals surface area (Å²) in [7, 11) is 4.78. The highest BCUT2D eigenvalue weighted by molar-refractivity contribution is 9.10. The third kappa shape index (κ3) is 3.18. The highest BCUT2D eigenvalue weighted by Gasteiger charge is 2.17. The van der Waals surface area contributed by atoms with Crippen molar-refractivity contribution in [1.29, 1.82) is 0 Å². The summed E-state index contributed by atoms with van der Waals surface area (Å²) in [6.45, 7) is 0. The molecule has 28 heavy (non-hydrogen) atoms. The second kappa shape index (κ2) is 7.52. The van der Waals surface area contributed by atoms with Gasteiger partial charge in [0.15, 0.2) is 17.1 Å². The van der Waals surface area contributed by atoms with E-state index in [1.54, 1.807) is 21.3 Å². The average molecular weight is 440 g/mol. The van der Waals surface area contributed by atoms with Crippen molar-refractivity contribution in [3.05, 3.63) is 53.1 Å². The molecule has 0 spiro atoms. The number of rotatable bonds is 5. The molecule has 0 radical (unpaired) electrons. The first-order valence-corrected chi connectivity index (χ1v) is 9.34. The first-order chi connectivity index (χ1) is 13.6. The molecule has 6 nitrogen and oxygen atoms in total. The molecule has 2 aromatic heterocycles. The van der Waals surface area contributed by atoms with E-state index in [9.17, 15) is 0 Å². The van der Waals surface area contributed by atoms with E-state index in [2.05, 4.69) is 37.2 Å². The Balaban J connectivity index is 1.87. The maximum atomic E-state index is 5.47. The minimum Gasteiger partial charge on any atom is -0.493 e. The van der Waals surface area contributed by atoms with Crippen molar-refractivity contribution in [3.8, 4) is 39.6 Å². The van der Waals surface area contributed by atoms with Gasteiger partial charge in [-0.15, -0.1) is 0 Å². The molecule has 7 heteroatoms. The van der Waals surface area contributed by atoms with Gasteiger partial charge in [-0.1, -0.05) is 28.1 Å². The lowest BCUT2D eigenvalue weighted by molar-refractivity contribution is 0.324. The summed E-state index contributed by atoms with van der Waals surface area (Å²) in [5.74, 6) is 1.71. The van der Waals surface area contributed by atoms with Gasteiger partial charge in [0.1, 0.15) is 0 Å². The van der Waals surface area contributed by atoms with Crippen molar-refractivity contribution in [1.82, 2.24) is 15.2 Å². The van der Waals surface area contributed by atoms with Crippen LogP contribution in [-0.4, -0.2) is 36.5 Å². The van der Waals surface area contributed by atoms with E-state index >= 15 is 0 Å². The summed E-state index contributed by atoms with van der Waals surface area (Å²) in [4.78, 5) is 4.50. The van der Waals surface area contributed by atoms with Crippen LogP contribution in [0.3, 0.4) is 0 Å². The minimum absolute atomic E-state index is 0.547. The molecule has 0 atom stereocenters. The Morgan fingerprint density at radius 1 is 0.821 bits per heavy atom. The zero-order valence-corrected chi connectivity index (χ0v) is 17.2. The van der Waals surface area contributed by atoms with Gasteiger partial charge in [-0.05, 0) is 35.9 Å². The van der Waals surface area contributed by atoms with Gasteiger partial charge in [-0.3, -0.25) is 5.10 Å². The zero-order chi connectivity index (χ0) is 19.7. The first-order valence-electron chi connectivity index (χ1n) is 8.55. The number of halogens is 1. The number of aromatic nitrogens is 3. The van der Waals surface area contributed by atoms with E-state index < -0.39 is 0 Å². The number of fused-ring (bicyclic) bond motifs is 1. The van der Waals surface area contributed by atoms with Crippen LogP contribution in [0.1, 0.15) is 0 Å². The van der Waals surface area contributed by atoms with Crippen molar-refractivity contribution < 1.29 is 14.2 Å². The lowest BCUT2D eigenvalue weighted by atomic mass is 10.0. The number of pyridine rings is 1. The second-order valence-electron chi connectivity index (χ2n) is 6.11. The molecule has 0 unspecified atom stereocenters. The van der Waals surface area contributed by atoms with E-state index in [0.717, 1.165) is 32.2 Å². The van der Waals surface area contributed by atoms with Crippen molar-refractivity contribution in [2.24, 2.45) is 0 Å². The van der Waals surface area contributed by atoms with Crippen LogP contribution in [0.25, 0.3) is 33.4 Å². The van der Waals surface area contributed by atoms with Crippen molar-refractivity contribution >= 4 is 27.0 Å². The minimum atomic E-state index is 0.547. The number of benzene rings is 2. The lowest BCUT2D eigenvalue weighted by Crippen LogP contribution is -1.96. The number of hydrogen-bond donors (Lipinski definition) is 1. The van der Waals surface area contributed by atoms with E-state index in [0.29, 0.717) is 22.9 Å². The van der Waals surface area contributed by atoms with Crippen molar-refractivity contribution in [2.45, 2.75) is 0 Å². The van der Waals surface area contributed by atoms with Gasteiger partial charge >= 0.3 is 0 Å². The summed E-state index contributed by atoms with van der Waals surface area (Å²) in [5, 5.41) is 8.34. The topological polar surface area (TPSA) is 69.3 Å². The van der Waals surface area contributed by atoms with E-state index in [4.69, 9.17) is 14.2 Å². The first kappa shape index (κ1) is 18.3. The SMILES string of the molecule is COc1cc(-c2[nH]nc3ncc(-c4ccc(Br)cc4)cc23)cc(OC)c1OC. The molecule has 2 heterocycles. The fourth-order valence-electron chi connectivity index (χ4n) is 3.15. The maximum absolute atomic E-state index is 5.47. The molecule has 0 fully saturated rings. The van der Waals surface area contributed by atoms with Gasteiger partial charge < -0.3 is 14.2 Å². The van der Waals surface area contributed by atoms with Crippen LogP contribution in [0.5, 0.6) is 17.2 Å². The Morgan fingerprint density at radius 2 is 1.50 bits per heavy atom. The summed E-state index contributed by atoms with van der Waals surface area (Å²) in [6.07, 6.45) is 1.82. The Labute approximate surface area is 170 Å². The molecule has 0 amide bonds. The van der Waals surface area contributed by atoms with Crippen LogP contribution >= 0.6 is 15.9 Å². The molecule has 0 saturated carbocycles. The number of hydrogen-bond acceptors (Lipinski definition) is 5. The fraction of sp³-hybridized carbons (Fsp3) is 0.143. The number of aromatic amines is 1. The van der Waals surface area contributed by atoms with Crippen molar-refractivity contribution in [3.63, 3.8) is 0 Å². The van der Waals surface area contributed by atoms with Crippen LogP contribution in [0.15, 0.2) is 53.1 Å². The monoisotopic (exact) mass is 439 g/mol. The molecule has 1 N–H and O–H groups in total. The van der Waals surface area contributed by atoms with Crippen molar-refractivity contribution in [2.75, 3.05) is 21.3 Å². The van der Waals surface area contributed by atoms with Crippen LogP contribution in [0.4, 0.5) is 0 Å². The van der Waals surface area contributed by atoms with E-state index in [1.165, 1.54) is 0 Å². The molecule has 0 bridgehead atoms. The fourth-order valence-corrected chi connectivity index (χ4v) is 3.41. The van der Waals surface area contributed by atoms with Crippen LogP contribution in [-0.2, 0) is 0 Å². The lowest BCUT2D eigenvalue weighted by Gasteiger charge is -2.13. The van der Waals surface area contributed by atoms with E-state index in [1.807, 2.05) is 42.6 Å². The van der Waals surface area contributed by atoms with Gasteiger partial charge in [-0.2, -0.15) is 5.10 Å². The quantitative estimate of drug-likeness (QED) is 0.469. The predicted molar refractivity (Wildman–Crippen MR) is 112 cm³/mol. The molecule has 0 aliphatic heterocycles. The molecule has 4 aromatic rings. The van der Waals surface area contributed by atoms with Crippen LogP contribution in [0.2, 0.25) is 0 Å². The summed E-state index contributed by atoms with van der Waals surface area (Å²) in [6, 6.07) is 14.0. The summed E-state index contributed by atoms with van der Waals surface area (Å²) < 4.78 is 17.4. The third-order valence-corrected chi connectivity index (χ3v) is 5.07. The number of nitrogens with one attached hydrogen (secondary N) is 1. The average Bonchev–Trinajstić information content (AvgIpc) is 3.16. The largest absolute Gasteiger partial charge is 0.493 e. The number of methoxy groups -OCH3 is 3. The normalized spacial score (nSPS) is 10.9. The van der Waals surface area contributed by atoms with Gasteiger partial charge in [0, 0.05) is 27.2 Å². The summed E-state index contributed by atoms with van der Waals surface area (Å²) >= 11 is 3.47. The number of nitrogens with zero attached hydrogens (tertiary/aromatic N) is 2. The van der Waals surface area contributed by atoms with Gasteiger partial charge in [0.05, 0.1) is 27.0 Å². The molecule has 0 saturated heterocycles. The summed E-state index contributed by atoms with van der Waals surface area (Å²) in [5.41, 5.74) is 4.43. The molecule has 4 rings (SSSR count). The zero-order valence-electron chi connectivity index (χ0n) is 15.6. The molecular weight excluding hydrogens is 422 g/mol. The van der Waals surface area contributed by atoms with Gasteiger partial charge in [0.2, 0.25) is 5.75 Å². The third-order valence-electron chi connectivity index (χ3n) is 4.54. The Hall–Kier alpha value is -3.06. The van der Waals surface area contributed by atoms with Gasteiger partial charge in [-0.25, -0.2) is 4.98 Å². The smallest absolute Gasteiger partial charge is 0.203 e. The standard InChI is InChI=1S/C21H18BrN3O3/c1-26-17-9-13(10-18(27-2)20(17)28-3)19-16-8-14(11-23-21(16)25-24-19)12-4-6-15(22)7-5-12/h4-11H,1-3H3,(H,23,24,25). The number of ether oxygens (including phenoxy) is 3. The Morgan fingerprint density at radius 3 is 2.11 bits per heavy atom. The molecule has 0 aliphatic carbocycles. The Kier molecular flexibility index (Phi) is 4.92. The molecular formula is C21H18BrN3O3. The number of H-pyrrole nitrogens is 1. The highest BCUT2D eigenvalue weighted by Crippen LogP contribution is 2.42. The highest BCUT2D eigenvalue weighted by atomic mass is 79.9. The van der Waals surface area contributed by atoms with Crippen LogP contribution < -0.4 is 14.2 Å². The second-order valence-corrected chi connectivity index (χ2v) is 7.03.